The van der Waals surface area contributed by atoms with Crippen molar-refractivity contribution in [3.63, 3.8) is 0 Å². The number of thiophene rings is 1. The highest BCUT2D eigenvalue weighted by Crippen LogP contribution is 2.29. The van der Waals surface area contributed by atoms with E-state index in [0.29, 0.717) is 22.4 Å². The SMILES string of the molecule is COC[C@H]1CCCN1Cc1ccc(N=Cc2c(O)[nH]c(=O)c3ccc(-c4ccsc4)cc23)cc1. The van der Waals surface area contributed by atoms with Crippen LogP contribution < -0.4 is 5.56 Å². The quantitative estimate of drug-likeness (QED) is 0.356. The lowest BCUT2D eigenvalue weighted by molar-refractivity contribution is 0.112. The number of fused-ring (bicyclic) bond motifs is 1. The number of nitrogens with zero attached hydrogens (tertiary/aromatic N) is 2. The van der Waals surface area contributed by atoms with E-state index in [1.54, 1.807) is 30.7 Å². The molecule has 0 bridgehead atoms. The van der Waals surface area contributed by atoms with Gasteiger partial charge in [0.1, 0.15) is 0 Å². The minimum atomic E-state index is -0.320. The molecule has 0 unspecified atom stereocenters. The molecule has 174 valence electrons. The van der Waals surface area contributed by atoms with Crippen molar-refractivity contribution in [2.45, 2.75) is 25.4 Å². The fraction of sp³-hybridized carbons (Fsp3) is 0.259. The molecule has 6 nitrogen and oxygen atoms in total. The topological polar surface area (TPSA) is 77.9 Å². The zero-order valence-corrected chi connectivity index (χ0v) is 19.8. The van der Waals surface area contributed by atoms with Gasteiger partial charge in [0.15, 0.2) is 0 Å². The Bertz CT molecular complexity index is 1360. The first-order valence-electron chi connectivity index (χ1n) is 11.4. The van der Waals surface area contributed by atoms with Crippen molar-refractivity contribution in [3.8, 4) is 17.0 Å². The highest BCUT2D eigenvalue weighted by Gasteiger charge is 2.24. The predicted molar refractivity (Wildman–Crippen MR) is 139 cm³/mol. The van der Waals surface area contributed by atoms with Crippen LogP contribution in [0.15, 0.2) is 69.1 Å². The average Bonchev–Trinajstić information content (AvgIpc) is 3.53. The number of nitrogens with one attached hydrogen (secondary N) is 1. The van der Waals surface area contributed by atoms with E-state index in [2.05, 4.69) is 32.4 Å². The molecule has 2 aromatic heterocycles. The first kappa shape index (κ1) is 22.5. The maximum Gasteiger partial charge on any atom is 0.258 e. The average molecular weight is 474 g/mol. The third-order valence-electron chi connectivity index (χ3n) is 6.42. The van der Waals surface area contributed by atoms with Gasteiger partial charge in [0.05, 0.1) is 17.9 Å². The predicted octanol–water partition coefficient (Wildman–Crippen LogP) is 5.32. The van der Waals surface area contributed by atoms with Crippen molar-refractivity contribution in [2.75, 3.05) is 20.3 Å². The molecule has 34 heavy (non-hydrogen) atoms. The third kappa shape index (κ3) is 4.68. The van der Waals surface area contributed by atoms with E-state index in [-0.39, 0.29) is 11.4 Å². The summed E-state index contributed by atoms with van der Waals surface area (Å²) in [7, 11) is 1.76. The lowest BCUT2D eigenvalue weighted by atomic mass is 10.0. The molecule has 1 saturated heterocycles. The van der Waals surface area contributed by atoms with Crippen molar-refractivity contribution in [1.29, 1.82) is 0 Å². The van der Waals surface area contributed by atoms with Crippen LogP contribution >= 0.6 is 11.3 Å². The van der Waals surface area contributed by atoms with Crippen molar-refractivity contribution >= 4 is 34.0 Å². The zero-order valence-electron chi connectivity index (χ0n) is 19.0. The van der Waals surface area contributed by atoms with Gasteiger partial charge in [0.25, 0.3) is 5.56 Å². The van der Waals surface area contributed by atoms with Crippen LogP contribution in [0.1, 0.15) is 24.0 Å². The molecule has 4 aromatic rings. The minimum absolute atomic E-state index is 0.182. The minimum Gasteiger partial charge on any atom is -0.494 e. The largest absolute Gasteiger partial charge is 0.494 e. The van der Waals surface area contributed by atoms with Gasteiger partial charge in [-0.1, -0.05) is 18.2 Å². The standard InChI is InChI=1S/C27H27N3O3S/c1-33-16-22-3-2-11-30(22)15-18-4-7-21(8-5-18)28-14-25-24-13-19(20-10-12-34-17-20)6-9-23(24)26(31)29-27(25)32/h4-10,12-14,17,22H,2-3,11,15-16H2,1H3,(H2,29,31,32)/t22-/m1/s1. The zero-order chi connectivity index (χ0) is 23.5. The van der Waals surface area contributed by atoms with Crippen molar-refractivity contribution < 1.29 is 9.84 Å². The Morgan fingerprint density at radius 2 is 2.03 bits per heavy atom. The first-order valence-corrected chi connectivity index (χ1v) is 12.3. The molecule has 7 heteroatoms. The number of pyridine rings is 1. The van der Waals surface area contributed by atoms with E-state index >= 15 is 0 Å². The van der Waals surface area contributed by atoms with Crippen LogP contribution in [0.4, 0.5) is 5.69 Å². The second-order valence-corrected chi connectivity index (χ2v) is 9.42. The summed E-state index contributed by atoms with van der Waals surface area (Å²) < 4.78 is 5.36. The van der Waals surface area contributed by atoms with Crippen LogP contribution in [-0.4, -0.2) is 47.5 Å². The molecule has 2 N–H and O–H groups in total. The Morgan fingerprint density at radius 1 is 1.18 bits per heavy atom. The number of likely N-dealkylation sites (tertiary alicyclic amines) is 1. The van der Waals surface area contributed by atoms with Crippen LogP contribution in [-0.2, 0) is 11.3 Å². The summed E-state index contributed by atoms with van der Waals surface area (Å²) in [5.74, 6) is -0.182. The fourth-order valence-corrected chi connectivity index (χ4v) is 5.28. The maximum absolute atomic E-state index is 12.4. The number of benzene rings is 2. The van der Waals surface area contributed by atoms with E-state index in [4.69, 9.17) is 4.74 Å². The molecule has 1 aliphatic rings. The molecule has 0 aliphatic carbocycles. The number of ether oxygens (including phenoxy) is 1. The molecular formula is C27H27N3O3S. The Morgan fingerprint density at radius 3 is 2.79 bits per heavy atom. The van der Waals surface area contributed by atoms with Crippen molar-refractivity contribution in [1.82, 2.24) is 9.88 Å². The van der Waals surface area contributed by atoms with Crippen molar-refractivity contribution in [2.24, 2.45) is 4.99 Å². The Balaban J connectivity index is 1.40. The highest BCUT2D eigenvalue weighted by molar-refractivity contribution is 7.08. The summed E-state index contributed by atoms with van der Waals surface area (Å²) >= 11 is 1.62. The molecule has 5 rings (SSSR count). The number of hydrogen-bond donors (Lipinski definition) is 2. The molecule has 0 spiro atoms. The lowest BCUT2D eigenvalue weighted by Crippen LogP contribution is -2.32. The lowest BCUT2D eigenvalue weighted by Gasteiger charge is -2.23. The number of aromatic hydroxyl groups is 1. The number of hydrogen-bond acceptors (Lipinski definition) is 6. The molecule has 3 heterocycles. The van der Waals surface area contributed by atoms with Crippen LogP contribution in [0.2, 0.25) is 0 Å². The second-order valence-electron chi connectivity index (χ2n) is 8.64. The molecule has 0 radical (unpaired) electrons. The van der Waals surface area contributed by atoms with Crippen LogP contribution in [0.25, 0.3) is 21.9 Å². The molecule has 1 aliphatic heterocycles. The number of rotatable bonds is 7. The summed E-state index contributed by atoms with van der Waals surface area (Å²) in [6.45, 7) is 2.77. The van der Waals surface area contributed by atoms with Gasteiger partial charge in [-0.2, -0.15) is 11.3 Å². The van der Waals surface area contributed by atoms with Gasteiger partial charge < -0.3 is 9.84 Å². The van der Waals surface area contributed by atoms with Gasteiger partial charge in [0, 0.05) is 36.7 Å². The number of aromatic nitrogens is 1. The Labute approximate surface area is 202 Å². The summed E-state index contributed by atoms with van der Waals surface area (Å²) in [5.41, 5.74) is 4.27. The number of H-pyrrole nitrogens is 1. The number of methoxy groups -OCH3 is 1. The molecule has 1 fully saturated rings. The van der Waals surface area contributed by atoms with E-state index in [1.807, 2.05) is 35.7 Å². The number of aromatic amines is 1. The van der Waals surface area contributed by atoms with E-state index in [0.717, 1.165) is 36.5 Å². The summed E-state index contributed by atoms with van der Waals surface area (Å²) in [4.78, 5) is 22.0. The van der Waals surface area contributed by atoms with Crippen molar-refractivity contribution in [3.05, 3.63) is 80.8 Å². The highest BCUT2D eigenvalue weighted by atomic mass is 32.1. The van der Waals surface area contributed by atoms with Crippen LogP contribution in [0.5, 0.6) is 5.88 Å². The van der Waals surface area contributed by atoms with Crippen LogP contribution in [0, 0.1) is 0 Å². The summed E-state index contributed by atoms with van der Waals surface area (Å²) in [6, 6.07) is 16.3. The number of aliphatic imine (C=N–C) groups is 1. The second kappa shape index (κ2) is 9.93. The normalized spacial score (nSPS) is 16.7. The van der Waals surface area contributed by atoms with E-state index in [9.17, 15) is 9.90 Å². The molecule has 0 amide bonds. The third-order valence-corrected chi connectivity index (χ3v) is 7.10. The Kier molecular flexibility index (Phi) is 6.58. The van der Waals surface area contributed by atoms with Gasteiger partial charge in [-0.05, 0) is 77.2 Å². The van der Waals surface area contributed by atoms with Gasteiger partial charge in [-0.25, -0.2) is 0 Å². The fourth-order valence-electron chi connectivity index (χ4n) is 4.62. The van der Waals surface area contributed by atoms with E-state index < -0.39 is 0 Å². The van der Waals surface area contributed by atoms with Gasteiger partial charge in [-0.15, -0.1) is 0 Å². The Hall–Kier alpha value is -3.26. The summed E-state index contributed by atoms with van der Waals surface area (Å²) in [5, 5.41) is 15.8. The van der Waals surface area contributed by atoms with Gasteiger partial charge >= 0.3 is 0 Å². The summed E-state index contributed by atoms with van der Waals surface area (Å²) in [6.07, 6.45) is 4.01. The molecule has 2 aromatic carbocycles. The van der Waals surface area contributed by atoms with Gasteiger partial charge in [-0.3, -0.25) is 19.7 Å². The van der Waals surface area contributed by atoms with E-state index in [1.165, 1.54) is 18.4 Å². The molecular weight excluding hydrogens is 446 g/mol. The molecule has 0 saturated carbocycles. The maximum atomic E-state index is 12.4. The smallest absolute Gasteiger partial charge is 0.258 e. The van der Waals surface area contributed by atoms with Gasteiger partial charge in [0.2, 0.25) is 5.88 Å². The molecule has 1 atom stereocenters. The first-order chi connectivity index (χ1) is 16.6. The monoisotopic (exact) mass is 473 g/mol. The van der Waals surface area contributed by atoms with Crippen LogP contribution in [0.3, 0.4) is 0 Å².